The molecule has 0 radical (unpaired) electrons. The van der Waals surface area contributed by atoms with Crippen molar-refractivity contribution in [3.63, 3.8) is 0 Å². The van der Waals surface area contributed by atoms with Gasteiger partial charge >= 0.3 is 29.6 Å². The largest absolute Gasteiger partial charge is 1.00 e. The Labute approximate surface area is 212 Å². The maximum Gasteiger partial charge on any atom is 1.00 e. The molecule has 0 heterocycles. The van der Waals surface area contributed by atoms with Crippen LogP contribution in [0.25, 0.3) is 10.8 Å². The number of hydrogen-bond donors (Lipinski definition) is 0. The first-order valence-corrected chi connectivity index (χ1v) is 13.4. The van der Waals surface area contributed by atoms with E-state index in [1.807, 2.05) is 12.1 Å². The van der Waals surface area contributed by atoms with E-state index in [1.165, 1.54) is 81.4 Å². The van der Waals surface area contributed by atoms with Crippen LogP contribution in [0.4, 0.5) is 0 Å². The van der Waals surface area contributed by atoms with Crippen molar-refractivity contribution in [3.05, 3.63) is 41.5 Å². The van der Waals surface area contributed by atoms with Crippen LogP contribution in [0.2, 0.25) is 0 Å². The Morgan fingerprint density at radius 2 is 1.19 bits per heavy atom. The van der Waals surface area contributed by atoms with Crippen LogP contribution in [0.15, 0.2) is 35.2 Å². The summed E-state index contributed by atoms with van der Waals surface area (Å²) < 4.78 is 35.2. The molecular weight excluding hydrogens is 415 g/mol. The molecule has 0 bridgehead atoms. The number of fused-ring (bicyclic) bond motifs is 1. The van der Waals surface area contributed by atoms with Crippen molar-refractivity contribution in [2.45, 2.75) is 109 Å². The van der Waals surface area contributed by atoms with Crippen molar-refractivity contribution in [1.82, 2.24) is 0 Å². The van der Waals surface area contributed by atoms with Crippen LogP contribution in [0.5, 0.6) is 0 Å². The van der Waals surface area contributed by atoms with Crippen molar-refractivity contribution in [2.75, 3.05) is 0 Å². The maximum atomic E-state index is 11.7. The van der Waals surface area contributed by atoms with Gasteiger partial charge in [-0.2, -0.15) is 0 Å². The minimum atomic E-state index is -4.47. The van der Waals surface area contributed by atoms with Gasteiger partial charge in [-0.15, -0.1) is 0 Å². The molecule has 2 aromatic rings. The predicted molar refractivity (Wildman–Crippen MR) is 126 cm³/mol. The topological polar surface area (TPSA) is 57.2 Å². The van der Waals surface area contributed by atoms with Crippen molar-refractivity contribution in [3.8, 4) is 0 Å². The fourth-order valence-corrected chi connectivity index (χ4v) is 4.96. The third kappa shape index (κ3) is 9.96. The van der Waals surface area contributed by atoms with Crippen LogP contribution in [-0.2, 0) is 23.0 Å². The van der Waals surface area contributed by atoms with Crippen molar-refractivity contribution < 1.29 is 42.5 Å². The second-order valence-electron chi connectivity index (χ2n) is 8.59. The molecule has 0 spiro atoms. The number of rotatable bonds is 15. The first-order chi connectivity index (χ1) is 14.5. The summed E-state index contributed by atoms with van der Waals surface area (Å²) in [7, 11) is -4.47. The molecule has 2 rings (SSSR count). The second-order valence-corrected chi connectivity index (χ2v) is 9.94. The molecule has 0 unspecified atom stereocenters. The summed E-state index contributed by atoms with van der Waals surface area (Å²) in [6.45, 7) is 4.46. The fourth-order valence-electron chi connectivity index (χ4n) is 4.26. The zero-order valence-corrected chi connectivity index (χ0v) is 22.7. The molecule has 0 aromatic heterocycles. The van der Waals surface area contributed by atoms with Gasteiger partial charge in [-0.05, 0) is 59.7 Å². The first-order valence-electron chi connectivity index (χ1n) is 12.0. The minimum Gasteiger partial charge on any atom is -0.744 e. The molecule has 0 saturated heterocycles. The molecule has 0 N–H and O–H groups in total. The van der Waals surface area contributed by atoms with E-state index in [9.17, 15) is 13.0 Å². The minimum absolute atomic E-state index is 0. The molecule has 0 aliphatic carbocycles. The van der Waals surface area contributed by atoms with E-state index < -0.39 is 10.1 Å². The summed E-state index contributed by atoms with van der Waals surface area (Å²) in [5.74, 6) is 0. The van der Waals surface area contributed by atoms with Crippen molar-refractivity contribution in [2.24, 2.45) is 0 Å². The quantitative estimate of drug-likeness (QED) is 0.225. The third-order valence-corrected chi connectivity index (χ3v) is 6.92. The SMILES string of the molecule is CCCCCCCCc1cc2cccc(S(=O)(=O)[O-])c2cc1CCCCCCCC.[Na+]. The summed E-state index contributed by atoms with van der Waals surface area (Å²) in [5.41, 5.74) is 2.55. The Morgan fingerprint density at radius 1 is 0.710 bits per heavy atom. The third-order valence-electron chi connectivity index (χ3n) is 6.03. The smallest absolute Gasteiger partial charge is 0.744 e. The van der Waals surface area contributed by atoms with Gasteiger partial charge in [0.05, 0.1) is 4.90 Å². The summed E-state index contributed by atoms with van der Waals surface area (Å²) in [6.07, 6.45) is 17.0. The van der Waals surface area contributed by atoms with Gasteiger partial charge in [0.15, 0.2) is 0 Å². The molecule has 2 aromatic carbocycles. The van der Waals surface area contributed by atoms with E-state index >= 15 is 0 Å². The van der Waals surface area contributed by atoms with E-state index in [-0.39, 0.29) is 34.5 Å². The zero-order chi connectivity index (χ0) is 21.8. The number of unbranched alkanes of at least 4 members (excludes halogenated alkanes) is 10. The molecule has 0 amide bonds. The number of aryl methyl sites for hydroxylation is 2. The van der Waals surface area contributed by atoms with Crippen LogP contribution in [0, 0.1) is 0 Å². The standard InChI is InChI=1S/C26H40O3S.Na/c1-3-5-7-9-11-13-16-22-20-24-18-15-19-26(30(27,28)29)25(24)21-23(22)17-14-12-10-8-6-4-2;/h15,18-21H,3-14,16-17H2,1-2H3,(H,27,28,29);/q;+1/p-1. The Balaban J connectivity index is 0.00000480. The van der Waals surface area contributed by atoms with Gasteiger partial charge in [0, 0.05) is 0 Å². The van der Waals surface area contributed by atoms with Gasteiger partial charge in [0.2, 0.25) is 0 Å². The molecule has 168 valence electrons. The zero-order valence-electron chi connectivity index (χ0n) is 19.9. The number of hydrogen-bond acceptors (Lipinski definition) is 3. The maximum absolute atomic E-state index is 11.7. The average Bonchev–Trinajstić information content (AvgIpc) is 2.72. The van der Waals surface area contributed by atoms with E-state index in [0.29, 0.717) is 5.39 Å². The normalized spacial score (nSPS) is 11.6. The van der Waals surface area contributed by atoms with Crippen LogP contribution >= 0.6 is 0 Å². The Bertz CT molecular complexity index is 878. The molecule has 0 atom stereocenters. The van der Waals surface area contributed by atoms with Gasteiger partial charge in [0.25, 0.3) is 0 Å². The van der Waals surface area contributed by atoms with Crippen molar-refractivity contribution >= 4 is 20.9 Å². The number of benzene rings is 2. The second kappa shape index (κ2) is 15.4. The van der Waals surface area contributed by atoms with E-state index in [1.54, 1.807) is 6.07 Å². The predicted octanol–water partition coefficient (Wildman–Crippen LogP) is 4.55. The van der Waals surface area contributed by atoms with E-state index in [4.69, 9.17) is 0 Å². The van der Waals surface area contributed by atoms with Crippen LogP contribution < -0.4 is 29.6 Å². The molecular formula is C26H39NaO3S. The molecule has 0 fully saturated rings. The summed E-state index contributed by atoms with van der Waals surface area (Å²) in [4.78, 5) is -0.0877. The van der Waals surface area contributed by atoms with Crippen LogP contribution in [0.1, 0.15) is 102 Å². The Hall–Kier alpha value is -0.390. The van der Waals surface area contributed by atoms with Gasteiger partial charge in [0.1, 0.15) is 10.1 Å². The average molecular weight is 455 g/mol. The van der Waals surface area contributed by atoms with Gasteiger partial charge < -0.3 is 4.55 Å². The van der Waals surface area contributed by atoms with E-state index in [2.05, 4.69) is 19.9 Å². The summed E-state index contributed by atoms with van der Waals surface area (Å²) in [5, 5.41) is 1.44. The molecule has 0 aliphatic rings. The summed E-state index contributed by atoms with van der Waals surface area (Å²) in [6, 6.07) is 9.14. The molecule has 5 heteroatoms. The van der Waals surface area contributed by atoms with E-state index in [0.717, 1.165) is 31.1 Å². The fraction of sp³-hybridized carbons (Fsp3) is 0.615. The van der Waals surface area contributed by atoms with Gasteiger partial charge in [-0.25, -0.2) is 8.42 Å². The first kappa shape index (κ1) is 28.6. The van der Waals surface area contributed by atoms with Gasteiger partial charge in [-0.3, -0.25) is 0 Å². The van der Waals surface area contributed by atoms with Crippen LogP contribution in [-0.4, -0.2) is 13.0 Å². The molecule has 3 nitrogen and oxygen atoms in total. The van der Waals surface area contributed by atoms with Crippen molar-refractivity contribution in [1.29, 1.82) is 0 Å². The van der Waals surface area contributed by atoms with Crippen LogP contribution in [0.3, 0.4) is 0 Å². The van der Waals surface area contributed by atoms with Gasteiger partial charge in [-0.1, -0.05) is 96.3 Å². The molecule has 31 heavy (non-hydrogen) atoms. The summed E-state index contributed by atoms with van der Waals surface area (Å²) >= 11 is 0. The Morgan fingerprint density at radius 3 is 1.71 bits per heavy atom. The molecule has 0 saturated carbocycles. The Kier molecular flexibility index (Phi) is 14.3. The monoisotopic (exact) mass is 454 g/mol. The molecule has 0 aliphatic heterocycles.